The Morgan fingerprint density at radius 1 is 1.50 bits per heavy atom. The van der Waals surface area contributed by atoms with Crippen molar-refractivity contribution in [1.29, 1.82) is 0 Å². The average Bonchev–Trinajstić information content (AvgIpc) is 2.82. The number of H-pyrrole nitrogens is 1. The predicted octanol–water partition coefficient (Wildman–Crippen LogP) is 2.76. The molecular formula is C13H24N4S. The van der Waals surface area contributed by atoms with E-state index in [4.69, 9.17) is 0 Å². The highest BCUT2D eigenvalue weighted by molar-refractivity contribution is 7.99. The monoisotopic (exact) mass is 268 g/mol. The van der Waals surface area contributed by atoms with Gasteiger partial charge in [0.2, 0.25) is 5.16 Å². The molecule has 2 rings (SSSR count). The topological polar surface area (TPSA) is 53.6 Å². The van der Waals surface area contributed by atoms with Gasteiger partial charge in [0.1, 0.15) is 5.82 Å². The molecule has 18 heavy (non-hydrogen) atoms. The van der Waals surface area contributed by atoms with Crippen LogP contribution in [0.5, 0.6) is 0 Å². The molecule has 2 unspecified atom stereocenters. The van der Waals surface area contributed by atoms with Crippen molar-refractivity contribution in [3.63, 3.8) is 0 Å². The first-order chi connectivity index (χ1) is 8.53. The van der Waals surface area contributed by atoms with E-state index in [1.54, 1.807) is 0 Å². The summed E-state index contributed by atoms with van der Waals surface area (Å²) in [5.74, 6) is 0.896. The third-order valence-corrected chi connectivity index (χ3v) is 4.94. The normalized spacial score (nSPS) is 26.7. The van der Waals surface area contributed by atoms with Gasteiger partial charge < -0.3 is 5.32 Å². The maximum atomic E-state index is 4.41. The maximum absolute atomic E-state index is 4.41. The first-order valence-corrected chi connectivity index (χ1v) is 7.70. The van der Waals surface area contributed by atoms with E-state index in [0.29, 0.717) is 16.7 Å². The summed E-state index contributed by atoms with van der Waals surface area (Å²) in [5, 5.41) is 12.3. The highest BCUT2D eigenvalue weighted by Crippen LogP contribution is 2.44. The Bertz CT molecular complexity index is 388. The third kappa shape index (κ3) is 3.06. The minimum absolute atomic E-state index is 0.373. The van der Waals surface area contributed by atoms with Crippen LogP contribution in [0.25, 0.3) is 0 Å². The summed E-state index contributed by atoms with van der Waals surface area (Å²) in [6.45, 7) is 9.99. The fraction of sp³-hybridized carbons (Fsp3) is 0.846. The molecule has 102 valence electrons. The van der Waals surface area contributed by atoms with Crippen LogP contribution in [0, 0.1) is 12.3 Å². The van der Waals surface area contributed by atoms with Crippen LogP contribution in [0.2, 0.25) is 0 Å². The van der Waals surface area contributed by atoms with E-state index >= 15 is 0 Å². The van der Waals surface area contributed by atoms with Crippen LogP contribution in [0.3, 0.4) is 0 Å². The lowest BCUT2D eigenvalue weighted by molar-refractivity contribution is 0.287. The smallest absolute Gasteiger partial charge is 0.208 e. The van der Waals surface area contributed by atoms with Crippen molar-refractivity contribution < 1.29 is 0 Å². The molecule has 2 atom stereocenters. The fourth-order valence-electron chi connectivity index (χ4n) is 2.68. The zero-order chi connectivity index (χ0) is 13.2. The van der Waals surface area contributed by atoms with Gasteiger partial charge in [0.05, 0.1) is 0 Å². The molecule has 4 nitrogen and oxygen atoms in total. The molecule has 1 heterocycles. The molecule has 0 radical (unpaired) electrons. The summed E-state index contributed by atoms with van der Waals surface area (Å²) in [7, 11) is 0. The molecular weight excluding hydrogens is 244 g/mol. The Labute approximate surface area is 114 Å². The first kappa shape index (κ1) is 13.9. The molecule has 2 N–H and O–H groups in total. The van der Waals surface area contributed by atoms with Crippen LogP contribution in [0.1, 0.15) is 45.9 Å². The number of nitrogens with zero attached hydrogens (tertiary/aromatic N) is 2. The number of aromatic nitrogens is 3. The molecule has 1 saturated carbocycles. The van der Waals surface area contributed by atoms with E-state index in [1.165, 1.54) is 19.3 Å². The largest absolute Gasteiger partial charge is 0.312 e. The second kappa shape index (κ2) is 5.61. The second-order valence-electron chi connectivity index (χ2n) is 5.82. The minimum Gasteiger partial charge on any atom is -0.312 e. The quantitative estimate of drug-likeness (QED) is 0.862. The van der Waals surface area contributed by atoms with E-state index in [-0.39, 0.29) is 0 Å². The van der Waals surface area contributed by atoms with Gasteiger partial charge in [-0.2, -0.15) is 0 Å². The van der Waals surface area contributed by atoms with Gasteiger partial charge in [-0.1, -0.05) is 32.5 Å². The Morgan fingerprint density at radius 2 is 2.28 bits per heavy atom. The molecule has 0 bridgehead atoms. The van der Waals surface area contributed by atoms with Crippen molar-refractivity contribution in [1.82, 2.24) is 20.5 Å². The van der Waals surface area contributed by atoms with Gasteiger partial charge in [0.25, 0.3) is 0 Å². The molecule has 0 aliphatic heterocycles. The number of nitrogens with one attached hydrogen (secondary N) is 2. The molecule has 1 aromatic rings. The molecule has 5 heteroatoms. The van der Waals surface area contributed by atoms with Crippen molar-refractivity contribution in [3.05, 3.63) is 5.82 Å². The second-order valence-corrected chi connectivity index (χ2v) is 7.03. The maximum Gasteiger partial charge on any atom is 0.208 e. The molecule has 1 fully saturated rings. The standard InChI is InChI=1S/C13H24N4S/c1-5-8-14-11-10(6-7-13(11,3)4)18-12-15-9(2)16-17-12/h10-11,14H,5-8H2,1-4H3,(H,15,16,17). The van der Waals surface area contributed by atoms with E-state index < -0.39 is 0 Å². The van der Waals surface area contributed by atoms with Crippen LogP contribution in [-0.2, 0) is 0 Å². The van der Waals surface area contributed by atoms with Crippen molar-refractivity contribution in [2.45, 2.75) is 63.4 Å². The number of aryl methyl sites for hydroxylation is 1. The number of aromatic amines is 1. The van der Waals surface area contributed by atoms with Crippen LogP contribution < -0.4 is 5.32 Å². The molecule has 1 aromatic heterocycles. The van der Waals surface area contributed by atoms with Crippen molar-refractivity contribution in [3.8, 4) is 0 Å². The Balaban J connectivity index is 2.02. The van der Waals surface area contributed by atoms with Crippen molar-refractivity contribution in [2.75, 3.05) is 6.54 Å². The van der Waals surface area contributed by atoms with Gasteiger partial charge in [0.15, 0.2) is 0 Å². The molecule has 0 saturated heterocycles. The zero-order valence-corrected chi connectivity index (χ0v) is 12.6. The predicted molar refractivity (Wildman–Crippen MR) is 75.9 cm³/mol. The summed E-state index contributed by atoms with van der Waals surface area (Å²) in [6, 6.07) is 0.557. The van der Waals surface area contributed by atoms with Crippen LogP contribution in [-0.4, -0.2) is 33.0 Å². The minimum atomic E-state index is 0.373. The molecule has 1 aliphatic carbocycles. The number of hydrogen-bond donors (Lipinski definition) is 2. The third-order valence-electron chi connectivity index (χ3n) is 3.73. The number of thioether (sulfide) groups is 1. The zero-order valence-electron chi connectivity index (χ0n) is 11.8. The Hall–Kier alpha value is -0.550. The van der Waals surface area contributed by atoms with E-state index in [1.807, 2.05) is 18.7 Å². The molecule has 1 aliphatic rings. The highest BCUT2D eigenvalue weighted by atomic mass is 32.2. The lowest BCUT2D eigenvalue weighted by atomic mass is 9.87. The van der Waals surface area contributed by atoms with Gasteiger partial charge in [-0.05, 0) is 38.1 Å². The summed E-state index contributed by atoms with van der Waals surface area (Å²) in [4.78, 5) is 4.41. The van der Waals surface area contributed by atoms with Crippen LogP contribution >= 0.6 is 11.8 Å². The van der Waals surface area contributed by atoms with Gasteiger partial charge in [-0.3, -0.25) is 5.10 Å². The Kier molecular flexibility index (Phi) is 4.33. The summed E-state index contributed by atoms with van der Waals surface area (Å²) >= 11 is 1.82. The highest BCUT2D eigenvalue weighted by Gasteiger charge is 2.42. The molecule has 0 spiro atoms. The van der Waals surface area contributed by atoms with Gasteiger partial charge in [-0.25, -0.2) is 4.98 Å². The number of hydrogen-bond acceptors (Lipinski definition) is 4. The lowest BCUT2D eigenvalue weighted by Crippen LogP contribution is -2.43. The average molecular weight is 268 g/mol. The SMILES string of the molecule is CCCNC1C(Sc2n[nH]c(C)n2)CCC1(C)C. The first-order valence-electron chi connectivity index (χ1n) is 6.82. The van der Waals surface area contributed by atoms with Gasteiger partial charge in [0, 0.05) is 11.3 Å². The summed E-state index contributed by atoms with van der Waals surface area (Å²) < 4.78 is 0. The fourth-order valence-corrected chi connectivity index (χ4v) is 4.08. The molecule has 0 aromatic carbocycles. The van der Waals surface area contributed by atoms with Crippen LogP contribution in [0.4, 0.5) is 0 Å². The van der Waals surface area contributed by atoms with Crippen molar-refractivity contribution >= 4 is 11.8 Å². The molecule has 0 amide bonds. The van der Waals surface area contributed by atoms with Gasteiger partial charge >= 0.3 is 0 Å². The Morgan fingerprint density at radius 3 is 2.89 bits per heavy atom. The van der Waals surface area contributed by atoms with Crippen LogP contribution in [0.15, 0.2) is 5.16 Å². The van der Waals surface area contributed by atoms with E-state index in [9.17, 15) is 0 Å². The lowest BCUT2D eigenvalue weighted by Gasteiger charge is -2.31. The van der Waals surface area contributed by atoms with Crippen molar-refractivity contribution in [2.24, 2.45) is 5.41 Å². The summed E-state index contributed by atoms with van der Waals surface area (Å²) in [6.07, 6.45) is 3.70. The number of rotatable bonds is 5. The van der Waals surface area contributed by atoms with Gasteiger partial charge in [-0.15, -0.1) is 5.10 Å². The summed E-state index contributed by atoms with van der Waals surface area (Å²) in [5.41, 5.74) is 0.373. The van der Waals surface area contributed by atoms with E-state index in [2.05, 4.69) is 41.3 Å². The van der Waals surface area contributed by atoms with E-state index in [0.717, 1.165) is 17.5 Å².